The number of benzene rings is 2. The number of nitrogens with zero attached hydrogens (tertiary/aromatic N) is 3. The number of hydrogen-bond donors (Lipinski definition) is 1. The lowest BCUT2D eigenvalue weighted by Crippen LogP contribution is -2.28. The summed E-state index contributed by atoms with van der Waals surface area (Å²) < 4.78 is 13.5. The summed E-state index contributed by atoms with van der Waals surface area (Å²) in [5.74, 6) is -1.09. The Morgan fingerprint density at radius 2 is 1.93 bits per heavy atom. The van der Waals surface area contributed by atoms with Crippen LogP contribution in [0.4, 0.5) is 21.5 Å². The Kier molecular flexibility index (Phi) is 4.90. The van der Waals surface area contributed by atoms with E-state index in [0.29, 0.717) is 11.3 Å². The summed E-state index contributed by atoms with van der Waals surface area (Å²) in [5, 5.41) is 2.77. The lowest BCUT2D eigenvalue weighted by atomic mass is 10.0. The Morgan fingerprint density at radius 1 is 1.11 bits per heavy atom. The van der Waals surface area contributed by atoms with E-state index in [1.165, 1.54) is 17.8 Å². The number of halogens is 1. The maximum absolute atomic E-state index is 13.5. The first-order valence-electron chi connectivity index (χ1n) is 9.28. The van der Waals surface area contributed by atoms with Crippen LogP contribution in [0.2, 0.25) is 0 Å². The van der Waals surface area contributed by atoms with Crippen molar-refractivity contribution in [3.8, 4) is 0 Å². The van der Waals surface area contributed by atoms with Crippen molar-refractivity contribution in [3.05, 3.63) is 53.8 Å². The summed E-state index contributed by atoms with van der Waals surface area (Å²) in [4.78, 5) is 21.3. The Morgan fingerprint density at radius 3 is 2.74 bits per heavy atom. The maximum atomic E-state index is 13.5. The average Bonchev–Trinajstić information content (AvgIpc) is 2.82. The molecule has 0 bridgehead atoms. The summed E-state index contributed by atoms with van der Waals surface area (Å²) in [6, 6.07) is 12.4. The number of carbonyl (C=O) groups is 1. The fraction of sp³-hybridized carbons (Fsp3) is 0.333. The summed E-state index contributed by atoms with van der Waals surface area (Å²) in [6.45, 7) is 4.26. The molecule has 0 radical (unpaired) electrons. The number of aliphatic imine (C=N–C) groups is 1. The molecule has 4 rings (SSSR count). The number of likely N-dealkylation sites (N-methyl/N-ethyl adjacent to an activating group) is 1. The summed E-state index contributed by atoms with van der Waals surface area (Å²) >= 11 is 0. The second-order valence-electron chi connectivity index (χ2n) is 7.14. The zero-order valence-corrected chi connectivity index (χ0v) is 15.4. The van der Waals surface area contributed by atoms with Crippen molar-refractivity contribution in [1.29, 1.82) is 0 Å². The standard InChI is InChI=1S/C21H23FN4O/c1-25-9-2-10-26(12-11-25)17-6-4-16(5-7-17)23-14-19-18-13-15(22)3-8-20(18)24-21(19)27/h3-8,13-14,19H,2,9-12H2,1H3,(H,24,27). The number of hydrogen-bond acceptors (Lipinski definition) is 4. The maximum Gasteiger partial charge on any atom is 0.237 e. The van der Waals surface area contributed by atoms with Gasteiger partial charge >= 0.3 is 0 Å². The van der Waals surface area contributed by atoms with E-state index in [0.717, 1.165) is 38.3 Å². The van der Waals surface area contributed by atoms with Crippen LogP contribution in [0.5, 0.6) is 0 Å². The Hall–Kier alpha value is -2.73. The van der Waals surface area contributed by atoms with Gasteiger partial charge in [0.1, 0.15) is 11.7 Å². The normalized spacial score (nSPS) is 20.6. The minimum Gasteiger partial charge on any atom is -0.370 e. The van der Waals surface area contributed by atoms with Crippen LogP contribution in [-0.4, -0.2) is 50.2 Å². The molecule has 2 aliphatic heterocycles. The molecule has 140 valence electrons. The van der Waals surface area contributed by atoms with Gasteiger partial charge < -0.3 is 15.1 Å². The van der Waals surface area contributed by atoms with E-state index in [4.69, 9.17) is 0 Å². The van der Waals surface area contributed by atoms with Gasteiger partial charge in [0.2, 0.25) is 5.91 Å². The number of carbonyl (C=O) groups excluding carboxylic acids is 1. The highest BCUT2D eigenvalue weighted by Gasteiger charge is 2.29. The van der Waals surface area contributed by atoms with E-state index in [1.807, 2.05) is 12.1 Å². The van der Waals surface area contributed by atoms with Gasteiger partial charge in [0.25, 0.3) is 0 Å². The van der Waals surface area contributed by atoms with Crippen LogP contribution < -0.4 is 10.2 Å². The molecule has 1 unspecified atom stereocenters. The highest BCUT2D eigenvalue weighted by molar-refractivity contribution is 6.12. The Labute approximate surface area is 158 Å². The molecule has 1 amide bonds. The number of amides is 1. The smallest absolute Gasteiger partial charge is 0.237 e. The first kappa shape index (κ1) is 17.7. The van der Waals surface area contributed by atoms with Crippen LogP contribution >= 0.6 is 0 Å². The van der Waals surface area contributed by atoms with E-state index in [2.05, 4.69) is 39.3 Å². The molecule has 2 heterocycles. The van der Waals surface area contributed by atoms with E-state index in [9.17, 15) is 9.18 Å². The van der Waals surface area contributed by atoms with Crippen molar-refractivity contribution < 1.29 is 9.18 Å². The number of fused-ring (bicyclic) bond motifs is 1. The van der Waals surface area contributed by atoms with Crippen LogP contribution in [0.3, 0.4) is 0 Å². The zero-order valence-electron chi connectivity index (χ0n) is 15.4. The van der Waals surface area contributed by atoms with Gasteiger partial charge in [0.05, 0.1) is 5.69 Å². The van der Waals surface area contributed by atoms with Crippen LogP contribution in [-0.2, 0) is 4.79 Å². The second kappa shape index (κ2) is 7.48. The molecule has 6 heteroatoms. The van der Waals surface area contributed by atoms with Crippen LogP contribution in [0.15, 0.2) is 47.5 Å². The third-order valence-corrected chi connectivity index (χ3v) is 5.20. The van der Waals surface area contributed by atoms with E-state index < -0.39 is 5.92 Å². The molecule has 1 saturated heterocycles. The molecule has 0 saturated carbocycles. The van der Waals surface area contributed by atoms with E-state index in [1.54, 1.807) is 12.3 Å². The van der Waals surface area contributed by atoms with Gasteiger partial charge in [0, 0.05) is 37.2 Å². The highest BCUT2D eigenvalue weighted by Crippen LogP contribution is 2.32. The first-order valence-corrected chi connectivity index (χ1v) is 9.28. The fourth-order valence-corrected chi connectivity index (χ4v) is 3.62. The minimum atomic E-state index is -0.559. The lowest BCUT2D eigenvalue weighted by molar-refractivity contribution is -0.115. The molecular weight excluding hydrogens is 343 g/mol. The fourth-order valence-electron chi connectivity index (χ4n) is 3.62. The Bertz CT molecular complexity index is 865. The van der Waals surface area contributed by atoms with Crippen LogP contribution in [0.25, 0.3) is 0 Å². The van der Waals surface area contributed by atoms with Gasteiger partial charge in [-0.3, -0.25) is 9.79 Å². The molecule has 2 aromatic carbocycles. The quantitative estimate of drug-likeness (QED) is 0.847. The van der Waals surface area contributed by atoms with Crippen molar-refractivity contribution in [1.82, 2.24) is 4.90 Å². The minimum absolute atomic E-state index is 0.176. The molecule has 1 N–H and O–H groups in total. The molecule has 1 fully saturated rings. The molecule has 2 aliphatic rings. The zero-order chi connectivity index (χ0) is 18.8. The molecule has 0 aliphatic carbocycles. The summed E-state index contributed by atoms with van der Waals surface area (Å²) in [6.07, 6.45) is 2.75. The number of rotatable bonds is 3. The molecule has 1 atom stereocenters. The second-order valence-corrected chi connectivity index (χ2v) is 7.14. The lowest BCUT2D eigenvalue weighted by Gasteiger charge is -2.22. The number of nitrogens with one attached hydrogen (secondary N) is 1. The van der Waals surface area contributed by atoms with Crippen molar-refractivity contribution in [3.63, 3.8) is 0 Å². The van der Waals surface area contributed by atoms with Gasteiger partial charge in [-0.15, -0.1) is 0 Å². The molecule has 27 heavy (non-hydrogen) atoms. The number of anilines is 2. The van der Waals surface area contributed by atoms with Gasteiger partial charge in [-0.2, -0.15) is 0 Å². The average molecular weight is 366 g/mol. The summed E-state index contributed by atoms with van der Waals surface area (Å²) in [5.41, 5.74) is 3.26. The van der Waals surface area contributed by atoms with Gasteiger partial charge in [-0.05, 0) is 68.0 Å². The van der Waals surface area contributed by atoms with Crippen molar-refractivity contribution in [2.75, 3.05) is 43.4 Å². The molecular formula is C21H23FN4O. The third-order valence-electron chi connectivity index (χ3n) is 5.20. The molecule has 0 spiro atoms. The van der Waals surface area contributed by atoms with Gasteiger partial charge in [-0.1, -0.05) is 0 Å². The Balaban J connectivity index is 1.47. The summed E-state index contributed by atoms with van der Waals surface area (Å²) in [7, 11) is 2.16. The van der Waals surface area contributed by atoms with Crippen LogP contribution in [0.1, 0.15) is 17.9 Å². The third kappa shape index (κ3) is 3.85. The molecule has 2 aromatic rings. The molecule has 0 aromatic heterocycles. The SMILES string of the molecule is CN1CCCN(c2ccc(N=CC3C(=O)Nc4ccc(F)cc43)cc2)CC1. The van der Waals surface area contributed by atoms with E-state index >= 15 is 0 Å². The van der Waals surface area contributed by atoms with Gasteiger partial charge in [0.15, 0.2) is 0 Å². The largest absolute Gasteiger partial charge is 0.370 e. The van der Waals surface area contributed by atoms with Crippen LogP contribution in [0, 0.1) is 5.82 Å². The highest BCUT2D eigenvalue weighted by atomic mass is 19.1. The first-order chi connectivity index (χ1) is 13.1. The van der Waals surface area contributed by atoms with Crippen molar-refractivity contribution in [2.24, 2.45) is 4.99 Å². The predicted molar refractivity (Wildman–Crippen MR) is 107 cm³/mol. The molecule has 5 nitrogen and oxygen atoms in total. The van der Waals surface area contributed by atoms with E-state index in [-0.39, 0.29) is 11.7 Å². The van der Waals surface area contributed by atoms with Gasteiger partial charge in [-0.25, -0.2) is 4.39 Å². The van der Waals surface area contributed by atoms with Crippen molar-refractivity contribution in [2.45, 2.75) is 12.3 Å². The van der Waals surface area contributed by atoms with Crippen molar-refractivity contribution >= 4 is 29.2 Å². The topological polar surface area (TPSA) is 47.9 Å². The predicted octanol–water partition coefficient (Wildman–Crippen LogP) is 3.41. The monoisotopic (exact) mass is 366 g/mol.